The fourth-order valence-corrected chi connectivity index (χ4v) is 1.66. The van der Waals surface area contributed by atoms with Crippen molar-refractivity contribution >= 4 is 23.6 Å². The SMILES string of the molecule is N#C/C(=C\c1ccncc1)C(=O)Nc1ccc(C(=O)[O-])cc1. The second-order valence-corrected chi connectivity index (χ2v) is 4.27. The largest absolute Gasteiger partial charge is 0.545 e. The van der Waals surface area contributed by atoms with Crippen LogP contribution in [0, 0.1) is 11.3 Å². The summed E-state index contributed by atoms with van der Waals surface area (Å²) in [7, 11) is 0. The van der Waals surface area contributed by atoms with E-state index < -0.39 is 11.9 Å². The van der Waals surface area contributed by atoms with Crippen LogP contribution in [0.25, 0.3) is 6.08 Å². The number of amides is 1. The van der Waals surface area contributed by atoms with Crippen molar-refractivity contribution in [3.05, 3.63) is 65.5 Å². The lowest BCUT2D eigenvalue weighted by molar-refractivity contribution is -0.255. The molecule has 0 saturated carbocycles. The highest BCUT2D eigenvalue weighted by Crippen LogP contribution is 2.12. The van der Waals surface area contributed by atoms with Gasteiger partial charge in [0.1, 0.15) is 11.6 Å². The third-order valence-electron chi connectivity index (χ3n) is 2.76. The lowest BCUT2D eigenvalue weighted by Gasteiger charge is -2.06. The first-order valence-corrected chi connectivity index (χ1v) is 6.25. The van der Waals surface area contributed by atoms with E-state index in [0.29, 0.717) is 11.3 Å². The second kappa shape index (κ2) is 6.81. The zero-order chi connectivity index (χ0) is 15.9. The Bertz CT molecular complexity index is 759. The Morgan fingerprint density at radius 1 is 1.14 bits per heavy atom. The Morgan fingerprint density at radius 3 is 2.32 bits per heavy atom. The molecule has 0 radical (unpaired) electrons. The Kier molecular flexibility index (Phi) is 4.63. The maximum absolute atomic E-state index is 12.0. The van der Waals surface area contributed by atoms with Crippen LogP contribution in [0.3, 0.4) is 0 Å². The number of carbonyl (C=O) groups is 2. The average Bonchev–Trinajstić information content (AvgIpc) is 2.54. The van der Waals surface area contributed by atoms with Gasteiger partial charge < -0.3 is 15.2 Å². The first-order valence-electron chi connectivity index (χ1n) is 6.25. The number of carboxylic acids is 1. The topological polar surface area (TPSA) is 106 Å². The lowest BCUT2D eigenvalue weighted by atomic mass is 10.1. The molecular weight excluding hydrogens is 282 g/mol. The van der Waals surface area contributed by atoms with Gasteiger partial charge in [-0.1, -0.05) is 12.1 Å². The first-order chi connectivity index (χ1) is 10.6. The molecule has 1 amide bonds. The molecular formula is C16H10N3O3-. The predicted molar refractivity (Wildman–Crippen MR) is 77.2 cm³/mol. The minimum absolute atomic E-state index is 0.00540. The molecule has 2 aromatic rings. The highest BCUT2D eigenvalue weighted by atomic mass is 16.4. The maximum atomic E-state index is 12.0. The van der Waals surface area contributed by atoms with Crippen molar-refractivity contribution in [3.63, 3.8) is 0 Å². The van der Waals surface area contributed by atoms with Crippen LogP contribution >= 0.6 is 0 Å². The van der Waals surface area contributed by atoms with Gasteiger partial charge in [-0.25, -0.2) is 0 Å². The van der Waals surface area contributed by atoms with Crippen LogP contribution in [0.5, 0.6) is 0 Å². The van der Waals surface area contributed by atoms with Gasteiger partial charge in [0.2, 0.25) is 0 Å². The number of hydrogen-bond donors (Lipinski definition) is 1. The summed E-state index contributed by atoms with van der Waals surface area (Å²) in [4.78, 5) is 26.5. The number of aromatic carboxylic acids is 1. The Hall–Kier alpha value is -3.46. The lowest BCUT2D eigenvalue weighted by Crippen LogP contribution is -2.22. The number of carbonyl (C=O) groups excluding carboxylic acids is 2. The molecule has 0 unspecified atom stereocenters. The molecule has 22 heavy (non-hydrogen) atoms. The minimum Gasteiger partial charge on any atom is -0.545 e. The molecule has 0 fully saturated rings. The summed E-state index contributed by atoms with van der Waals surface area (Å²) in [5, 5.41) is 22.2. The molecule has 0 aliphatic carbocycles. The summed E-state index contributed by atoms with van der Waals surface area (Å²) in [5.74, 6) is -1.88. The fourth-order valence-electron chi connectivity index (χ4n) is 1.66. The molecule has 0 aliphatic rings. The monoisotopic (exact) mass is 292 g/mol. The standard InChI is InChI=1S/C16H11N3O3/c17-10-13(9-11-5-7-18-8-6-11)15(20)19-14-3-1-12(2-4-14)16(21)22/h1-9H,(H,19,20)(H,21,22)/p-1/b13-9+. The number of carboxylic acid groups (broad SMARTS) is 1. The van der Waals surface area contributed by atoms with E-state index in [2.05, 4.69) is 10.3 Å². The van der Waals surface area contributed by atoms with Crippen LogP contribution < -0.4 is 10.4 Å². The molecule has 0 spiro atoms. The molecule has 1 N–H and O–H groups in total. The zero-order valence-electron chi connectivity index (χ0n) is 11.3. The van der Waals surface area contributed by atoms with Crippen molar-refractivity contribution in [1.82, 2.24) is 4.98 Å². The van der Waals surface area contributed by atoms with Crippen molar-refractivity contribution in [1.29, 1.82) is 5.26 Å². The van der Waals surface area contributed by atoms with Crippen molar-refractivity contribution in [3.8, 4) is 6.07 Å². The minimum atomic E-state index is -1.30. The van der Waals surface area contributed by atoms with E-state index >= 15 is 0 Å². The smallest absolute Gasteiger partial charge is 0.266 e. The van der Waals surface area contributed by atoms with Crippen molar-refractivity contribution < 1.29 is 14.7 Å². The van der Waals surface area contributed by atoms with E-state index in [0.717, 1.165) is 0 Å². The van der Waals surface area contributed by atoms with E-state index in [4.69, 9.17) is 5.26 Å². The van der Waals surface area contributed by atoms with Crippen LogP contribution in [-0.4, -0.2) is 16.9 Å². The number of nitriles is 1. The van der Waals surface area contributed by atoms with Crippen LogP contribution in [0.4, 0.5) is 5.69 Å². The fraction of sp³-hybridized carbons (Fsp3) is 0. The molecule has 0 bridgehead atoms. The molecule has 0 aliphatic heterocycles. The number of rotatable bonds is 4. The van der Waals surface area contributed by atoms with E-state index in [1.54, 1.807) is 24.5 Å². The summed E-state index contributed by atoms with van der Waals surface area (Å²) in [6.45, 7) is 0. The summed E-state index contributed by atoms with van der Waals surface area (Å²) in [5.41, 5.74) is 0.987. The van der Waals surface area contributed by atoms with Crippen molar-refractivity contribution in [2.45, 2.75) is 0 Å². The highest BCUT2D eigenvalue weighted by molar-refractivity contribution is 6.09. The second-order valence-electron chi connectivity index (χ2n) is 4.27. The third kappa shape index (κ3) is 3.77. The number of anilines is 1. The Morgan fingerprint density at radius 2 is 1.77 bits per heavy atom. The van der Waals surface area contributed by atoms with E-state index in [1.807, 2.05) is 6.07 Å². The van der Waals surface area contributed by atoms with Gasteiger partial charge in [0.15, 0.2) is 0 Å². The molecule has 1 heterocycles. The molecule has 1 aromatic heterocycles. The van der Waals surface area contributed by atoms with Crippen LogP contribution in [0.2, 0.25) is 0 Å². The molecule has 108 valence electrons. The first kappa shape index (κ1) is 14.9. The summed E-state index contributed by atoms with van der Waals surface area (Å²) < 4.78 is 0. The van der Waals surface area contributed by atoms with E-state index in [9.17, 15) is 14.7 Å². The van der Waals surface area contributed by atoms with Gasteiger partial charge in [-0.2, -0.15) is 5.26 Å². The van der Waals surface area contributed by atoms with E-state index in [-0.39, 0.29) is 11.1 Å². The maximum Gasteiger partial charge on any atom is 0.266 e. The van der Waals surface area contributed by atoms with Gasteiger partial charge in [0, 0.05) is 18.1 Å². The van der Waals surface area contributed by atoms with Crippen molar-refractivity contribution in [2.75, 3.05) is 5.32 Å². The number of hydrogen-bond acceptors (Lipinski definition) is 5. The van der Waals surface area contributed by atoms with Gasteiger partial charge in [-0.3, -0.25) is 9.78 Å². The number of aromatic nitrogens is 1. The van der Waals surface area contributed by atoms with Crippen molar-refractivity contribution in [2.24, 2.45) is 0 Å². The molecule has 6 heteroatoms. The van der Waals surface area contributed by atoms with Crippen LogP contribution in [0.15, 0.2) is 54.4 Å². The van der Waals surface area contributed by atoms with E-state index in [1.165, 1.54) is 30.3 Å². The average molecular weight is 292 g/mol. The van der Waals surface area contributed by atoms with Gasteiger partial charge in [-0.05, 0) is 41.5 Å². The number of nitrogens with zero attached hydrogens (tertiary/aromatic N) is 2. The van der Waals surface area contributed by atoms with Crippen LogP contribution in [-0.2, 0) is 4.79 Å². The molecule has 0 saturated heterocycles. The Balaban J connectivity index is 2.15. The normalized spacial score (nSPS) is 10.6. The Labute approximate surface area is 126 Å². The number of pyridine rings is 1. The van der Waals surface area contributed by atoms with Gasteiger partial charge in [-0.15, -0.1) is 0 Å². The molecule has 0 atom stereocenters. The highest BCUT2D eigenvalue weighted by Gasteiger charge is 2.09. The quantitative estimate of drug-likeness (QED) is 0.668. The van der Waals surface area contributed by atoms with Crippen LogP contribution in [0.1, 0.15) is 15.9 Å². The van der Waals surface area contributed by atoms with Gasteiger partial charge in [0.05, 0.1) is 5.97 Å². The molecule has 1 aromatic carbocycles. The number of nitrogens with one attached hydrogen (secondary N) is 1. The number of benzene rings is 1. The third-order valence-corrected chi connectivity index (χ3v) is 2.76. The zero-order valence-corrected chi connectivity index (χ0v) is 11.3. The molecule has 6 nitrogen and oxygen atoms in total. The predicted octanol–water partition coefficient (Wildman–Crippen LogP) is 0.991. The summed E-state index contributed by atoms with van der Waals surface area (Å²) in [6, 6.07) is 10.6. The van der Waals surface area contributed by atoms with Gasteiger partial charge in [0.25, 0.3) is 5.91 Å². The summed E-state index contributed by atoms with van der Waals surface area (Å²) >= 11 is 0. The molecule has 2 rings (SSSR count). The van der Waals surface area contributed by atoms with Gasteiger partial charge >= 0.3 is 0 Å². The summed E-state index contributed by atoms with van der Waals surface area (Å²) in [6.07, 6.45) is 4.54.